The molecule has 0 heterocycles. The van der Waals surface area contributed by atoms with Gasteiger partial charge in [0.15, 0.2) is 0 Å². The van der Waals surface area contributed by atoms with E-state index in [1.54, 1.807) is 6.07 Å². The normalized spacial score (nSPS) is 12.6. The predicted molar refractivity (Wildman–Crippen MR) is 75.1 cm³/mol. The molecule has 0 radical (unpaired) electrons. The molecule has 0 fully saturated rings. The van der Waals surface area contributed by atoms with Crippen LogP contribution in [0, 0.1) is 0 Å². The van der Waals surface area contributed by atoms with Crippen LogP contribution in [0.25, 0.3) is 0 Å². The van der Waals surface area contributed by atoms with E-state index in [0.717, 1.165) is 31.2 Å². The molecule has 19 heavy (non-hydrogen) atoms. The number of hydrogen-bond donors (Lipinski definition) is 2. The molecule has 0 bridgehead atoms. The molecule has 0 saturated heterocycles. The van der Waals surface area contributed by atoms with Crippen LogP contribution in [-0.2, 0) is 15.5 Å². The number of phenols is 1. The van der Waals surface area contributed by atoms with Crippen molar-refractivity contribution in [2.75, 3.05) is 0 Å². The second-order valence-corrected chi connectivity index (χ2v) is 6.89. The van der Waals surface area contributed by atoms with Crippen LogP contribution in [0.3, 0.4) is 0 Å². The van der Waals surface area contributed by atoms with Gasteiger partial charge in [-0.05, 0) is 29.5 Å². The molecular formula is C14H22O4S. The molecule has 1 aromatic carbocycles. The number of rotatable bonds is 6. The average molecular weight is 286 g/mol. The first-order chi connectivity index (χ1) is 8.68. The van der Waals surface area contributed by atoms with E-state index >= 15 is 0 Å². The average Bonchev–Trinajstić information content (AvgIpc) is 2.27. The molecule has 0 atom stereocenters. The molecule has 0 spiro atoms. The molecule has 0 aliphatic rings. The van der Waals surface area contributed by atoms with Gasteiger partial charge in [-0.25, -0.2) is 0 Å². The highest BCUT2D eigenvalue weighted by Gasteiger charge is 2.23. The van der Waals surface area contributed by atoms with E-state index < -0.39 is 20.8 Å². The Morgan fingerprint density at radius 1 is 1.21 bits per heavy atom. The minimum Gasteiger partial charge on any atom is -0.506 e. The van der Waals surface area contributed by atoms with Gasteiger partial charge in [-0.1, -0.05) is 46.1 Å². The summed E-state index contributed by atoms with van der Waals surface area (Å²) in [6.07, 6.45) is 4.34. The molecule has 0 saturated carbocycles. The third-order valence-electron chi connectivity index (χ3n) is 3.42. The van der Waals surface area contributed by atoms with Gasteiger partial charge in [0.1, 0.15) is 10.6 Å². The summed E-state index contributed by atoms with van der Waals surface area (Å²) in [5.41, 5.74) is 0.734. The topological polar surface area (TPSA) is 74.6 Å². The molecule has 0 unspecified atom stereocenters. The largest absolute Gasteiger partial charge is 0.506 e. The molecule has 0 aromatic heterocycles. The van der Waals surface area contributed by atoms with Gasteiger partial charge < -0.3 is 5.11 Å². The van der Waals surface area contributed by atoms with Crippen molar-refractivity contribution in [1.29, 1.82) is 0 Å². The van der Waals surface area contributed by atoms with Gasteiger partial charge in [0.25, 0.3) is 10.1 Å². The summed E-state index contributed by atoms with van der Waals surface area (Å²) in [5.74, 6) is -0.399. The Labute approximate surface area is 115 Å². The fourth-order valence-electron chi connectivity index (χ4n) is 2.12. The highest BCUT2D eigenvalue weighted by molar-refractivity contribution is 7.86. The first-order valence-electron chi connectivity index (χ1n) is 6.49. The monoisotopic (exact) mass is 286 g/mol. The lowest BCUT2D eigenvalue weighted by Gasteiger charge is -2.25. The second kappa shape index (κ2) is 5.92. The first kappa shape index (κ1) is 16.0. The summed E-state index contributed by atoms with van der Waals surface area (Å²) in [6.45, 7) is 6.26. The molecule has 0 aliphatic carbocycles. The third-order valence-corrected chi connectivity index (χ3v) is 4.32. The summed E-state index contributed by atoms with van der Waals surface area (Å²) in [6, 6.07) is 4.32. The maximum absolute atomic E-state index is 11.0. The molecule has 0 amide bonds. The summed E-state index contributed by atoms with van der Waals surface area (Å²) in [4.78, 5) is -0.444. The van der Waals surface area contributed by atoms with E-state index in [1.807, 2.05) is 0 Å². The standard InChI is InChI=1S/C14H22O4S/c1-4-5-6-9-14(2,3)11-7-8-13(12(15)10-11)19(16,17)18/h7-8,10,15H,4-6,9H2,1-3H3,(H,16,17,18). The van der Waals surface area contributed by atoms with Crippen molar-refractivity contribution in [3.63, 3.8) is 0 Å². The van der Waals surface area contributed by atoms with E-state index in [1.165, 1.54) is 12.1 Å². The van der Waals surface area contributed by atoms with E-state index in [2.05, 4.69) is 20.8 Å². The van der Waals surface area contributed by atoms with Crippen molar-refractivity contribution < 1.29 is 18.1 Å². The number of hydrogen-bond acceptors (Lipinski definition) is 3. The number of benzene rings is 1. The molecule has 1 rings (SSSR count). The highest BCUT2D eigenvalue weighted by Crippen LogP contribution is 2.33. The molecule has 1 aromatic rings. The Kier molecular flexibility index (Phi) is 4.98. The number of phenolic OH excluding ortho intramolecular Hbond substituents is 1. The summed E-state index contributed by atoms with van der Waals surface area (Å²) >= 11 is 0. The quantitative estimate of drug-likeness (QED) is 0.620. The summed E-state index contributed by atoms with van der Waals surface area (Å²) < 4.78 is 31.0. The van der Waals surface area contributed by atoms with Crippen LogP contribution in [0.5, 0.6) is 5.75 Å². The SMILES string of the molecule is CCCCCC(C)(C)c1ccc(S(=O)(=O)O)c(O)c1. The maximum atomic E-state index is 11.0. The van der Waals surface area contributed by atoms with Crippen molar-refractivity contribution >= 4 is 10.1 Å². The minimum atomic E-state index is -4.37. The Hall–Kier alpha value is -1.07. The van der Waals surface area contributed by atoms with Gasteiger partial charge in [-0.15, -0.1) is 0 Å². The maximum Gasteiger partial charge on any atom is 0.298 e. The van der Waals surface area contributed by atoms with Gasteiger partial charge in [0.05, 0.1) is 0 Å². The Morgan fingerprint density at radius 2 is 1.84 bits per heavy atom. The fraction of sp³-hybridized carbons (Fsp3) is 0.571. The number of aromatic hydroxyl groups is 1. The molecular weight excluding hydrogens is 264 g/mol. The molecule has 5 heteroatoms. The zero-order valence-electron chi connectivity index (χ0n) is 11.7. The van der Waals surface area contributed by atoms with Crippen LogP contribution in [0.2, 0.25) is 0 Å². The third kappa shape index (κ3) is 4.21. The van der Waals surface area contributed by atoms with Crippen molar-refractivity contribution in [3.8, 4) is 5.75 Å². The van der Waals surface area contributed by atoms with Crippen LogP contribution in [0.1, 0.15) is 52.0 Å². The first-order valence-corrected chi connectivity index (χ1v) is 7.93. The van der Waals surface area contributed by atoms with Gasteiger partial charge in [-0.2, -0.15) is 8.42 Å². The van der Waals surface area contributed by atoms with Gasteiger partial charge in [0.2, 0.25) is 0 Å². The van der Waals surface area contributed by atoms with Crippen molar-refractivity contribution in [3.05, 3.63) is 23.8 Å². The van der Waals surface area contributed by atoms with Crippen LogP contribution in [0.4, 0.5) is 0 Å². The van der Waals surface area contributed by atoms with Crippen molar-refractivity contribution in [2.24, 2.45) is 0 Å². The Bertz CT molecular complexity index is 532. The lowest BCUT2D eigenvalue weighted by atomic mass is 9.80. The lowest BCUT2D eigenvalue weighted by molar-refractivity contribution is 0.428. The van der Waals surface area contributed by atoms with Gasteiger partial charge >= 0.3 is 0 Å². The van der Waals surface area contributed by atoms with Gasteiger partial charge in [0, 0.05) is 0 Å². The highest BCUT2D eigenvalue weighted by atomic mass is 32.2. The Morgan fingerprint density at radius 3 is 2.32 bits per heavy atom. The zero-order valence-corrected chi connectivity index (χ0v) is 12.5. The smallest absolute Gasteiger partial charge is 0.298 e. The van der Waals surface area contributed by atoms with Crippen LogP contribution < -0.4 is 0 Å². The van der Waals surface area contributed by atoms with Gasteiger partial charge in [-0.3, -0.25) is 4.55 Å². The summed E-state index contributed by atoms with van der Waals surface area (Å²) in [5, 5.41) is 9.72. The number of unbranched alkanes of at least 4 members (excludes halogenated alkanes) is 2. The van der Waals surface area contributed by atoms with Crippen molar-refractivity contribution in [2.45, 2.75) is 56.8 Å². The van der Waals surface area contributed by atoms with E-state index in [9.17, 15) is 13.5 Å². The Balaban J connectivity index is 3.00. The van der Waals surface area contributed by atoms with Crippen LogP contribution in [-0.4, -0.2) is 18.1 Å². The lowest BCUT2D eigenvalue weighted by Crippen LogP contribution is -2.17. The van der Waals surface area contributed by atoms with E-state index in [4.69, 9.17) is 4.55 Å². The molecule has 108 valence electrons. The summed E-state index contributed by atoms with van der Waals surface area (Å²) in [7, 11) is -4.37. The van der Waals surface area contributed by atoms with Crippen LogP contribution in [0.15, 0.2) is 23.1 Å². The fourth-order valence-corrected chi connectivity index (χ4v) is 2.68. The second-order valence-electron chi connectivity index (χ2n) is 5.50. The molecule has 0 aliphatic heterocycles. The van der Waals surface area contributed by atoms with Crippen molar-refractivity contribution in [1.82, 2.24) is 0 Å². The molecule has 4 nitrogen and oxygen atoms in total. The minimum absolute atomic E-state index is 0.135. The van der Waals surface area contributed by atoms with Crippen LogP contribution >= 0.6 is 0 Å². The molecule has 2 N–H and O–H groups in total. The van der Waals surface area contributed by atoms with E-state index in [-0.39, 0.29) is 5.41 Å². The van der Waals surface area contributed by atoms with E-state index in [0.29, 0.717) is 0 Å². The predicted octanol–water partition coefficient (Wildman–Crippen LogP) is 3.50. The zero-order chi connectivity index (χ0) is 14.7.